The van der Waals surface area contributed by atoms with E-state index in [1.54, 1.807) is 6.92 Å². The van der Waals surface area contributed by atoms with Gasteiger partial charge in [0.25, 0.3) is 0 Å². The summed E-state index contributed by atoms with van der Waals surface area (Å²) < 4.78 is 0. The predicted molar refractivity (Wildman–Crippen MR) is 100 cm³/mol. The molecule has 0 atom stereocenters. The van der Waals surface area contributed by atoms with Crippen LogP contribution in [0.5, 0.6) is 0 Å². The molecule has 0 aliphatic carbocycles. The zero-order valence-corrected chi connectivity index (χ0v) is 17.0. The Kier molecular flexibility index (Phi) is 6.17. The van der Waals surface area contributed by atoms with Crippen molar-refractivity contribution in [2.75, 3.05) is 0 Å². The Morgan fingerprint density at radius 3 is 1.52 bits per heavy atom. The highest BCUT2D eigenvalue weighted by molar-refractivity contribution is 6.76. The molecule has 118 valence electrons. The summed E-state index contributed by atoms with van der Waals surface area (Å²) in [5.41, 5.74) is 3.57. The van der Waals surface area contributed by atoms with Crippen LogP contribution in [0.25, 0.3) is 0 Å². The van der Waals surface area contributed by atoms with Crippen molar-refractivity contribution in [1.82, 2.24) is 0 Å². The summed E-state index contributed by atoms with van der Waals surface area (Å²) in [5.74, 6) is 0.242. The van der Waals surface area contributed by atoms with Crippen molar-refractivity contribution in [3.8, 4) is 0 Å². The highest BCUT2D eigenvalue weighted by Crippen LogP contribution is 2.23. The summed E-state index contributed by atoms with van der Waals surface area (Å²) >= 11 is 0. The smallest absolute Gasteiger partial charge is 0.160 e. The van der Waals surface area contributed by atoms with E-state index < -0.39 is 16.1 Å². The maximum atomic E-state index is 12.2. The van der Waals surface area contributed by atoms with Gasteiger partial charge in [0.15, 0.2) is 5.78 Å². The monoisotopic (exact) mass is 320 g/mol. The lowest BCUT2D eigenvalue weighted by atomic mass is 9.95. The van der Waals surface area contributed by atoms with E-state index in [1.165, 1.54) is 23.2 Å². The third-order valence-electron chi connectivity index (χ3n) is 3.88. The van der Waals surface area contributed by atoms with Gasteiger partial charge < -0.3 is 0 Å². The molecule has 0 saturated heterocycles. The van der Waals surface area contributed by atoms with E-state index in [4.69, 9.17) is 0 Å². The van der Waals surface area contributed by atoms with Gasteiger partial charge in [-0.1, -0.05) is 69.6 Å². The van der Waals surface area contributed by atoms with Crippen LogP contribution in [-0.4, -0.2) is 21.9 Å². The molecule has 0 unspecified atom stereocenters. The van der Waals surface area contributed by atoms with Crippen molar-refractivity contribution in [1.29, 1.82) is 0 Å². The first-order valence-electron chi connectivity index (χ1n) is 8.11. The maximum Gasteiger partial charge on any atom is 0.160 e. The van der Waals surface area contributed by atoms with Gasteiger partial charge in [-0.25, -0.2) is 0 Å². The fourth-order valence-corrected chi connectivity index (χ4v) is 4.58. The molecule has 0 aliphatic heterocycles. The first kappa shape index (κ1) is 18.4. The van der Waals surface area contributed by atoms with Crippen LogP contribution in [0.15, 0.2) is 18.2 Å². The minimum Gasteiger partial charge on any atom is -0.294 e. The SMILES string of the molecule is CC(=O)c1c(CC[Si](C)(C)C)cccc1CC[Si](C)(C)C. The molecule has 0 spiro atoms. The van der Waals surface area contributed by atoms with Gasteiger partial charge in [0.05, 0.1) is 0 Å². The van der Waals surface area contributed by atoms with Crippen molar-refractivity contribution in [2.45, 2.75) is 71.1 Å². The van der Waals surface area contributed by atoms with Crippen LogP contribution in [0.4, 0.5) is 0 Å². The topological polar surface area (TPSA) is 17.1 Å². The largest absolute Gasteiger partial charge is 0.294 e. The molecule has 1 nitrogen and oxygen atoms in total. The molecule has 0 heterocycles. The Hall–Kier alpha value is -0.676. The van der Waals surface area contributed by atoms with Crippen LogP contribution in [0.1, 0.15) is 28.4 Å². The molecule has 0 aromatic heterocycles. The predicted octanol–water partition coefficient (Wildman–Crippen LogP) is 5.65. The molecule has 0 aliphatic rings. The minimum absolute atomic E-state index is 0.242. The molecule has 0 saturated carbocycles. The molecule has 21 heavy (non-hydrogen) atoms. The van der Waals surface area contributed by atoms with Crippen LogP contribution in [0.3, 0.4) is 0 Å². The molecule has 0 radical (unpaired) electrons. The number of benzene rings is 1. The van der Waals surface area contributed by atoms with E-state index in [-0.39, 0.29) is 5.78 Å². The Labute approximate surface area is 133 Å². The van der Waals surface area contributed by atoms with Crippen LogP contribution >= 0.6 is 0 Å². The first-order valence-corrected chi connectivity index (χ1v) is 15.5. The number of ketones is 1. The van der Waals surface area contributed by atoms with Crippen LogP contribution in [0.2, 0.25) is 51.4 Å². The van der Waals surface area contributed by atoms with Crippen molar-refractivity contribution in [3.63, 3.8) is 0 Å². The van der Waals surface area contributed by atoms with E-state index in [0.29, 0.717) is 0 Å². The lowest BCUT2D eigenvalue weighted by Gasteiger charge is -2.20. The van der Waals surface area contributed by atoms with Gasteiger partial charge in [0.1, 0.15) is 0 Å². The molecule has 0 amide bonds. The van der Waals surface area contributed by atoms with Crippen LogP contribution < -0.4 is 0 Å². The van der Waals surface area contributed by atoms with Gasteiger partial charge in [-0.2, -0.15) is 0 Å². The van der Waals surface area contributed by atoms with Gasteiger partial charge >= 0.3 is 0 Å². The molecule has 1 aromatic rings. The second-order valence-corrected chi connectivity index (χ2v) is 19.9. The number of hydrogen-bond acceptors (Lipinski definition) is 1. The Bertz CT molecular complexity index is 457. The molecule has 3 heteroatoms. The van der Waals surface area contributed by atoms with Gasteiger partial charge in [-0.15, -0.1) is 0 Å². The second-order valence-electron chi connectivity index (χ2n) is 8.63. The molecule has 1 aromatic carbocycles. The molecular weight excluding hydrogens is 288 g/mol. The second kappa shape index (κ2) is 7.06. The highest BCUT2D eigenvalue weighted by atomic mass is 28.3. The number of rotatable bonds is 7. The Morgan fingerprint density at radius 1 is 0.857 bits per heavy atom. The average molecular weight is 321 g/mol. The molecule has 0 bridgehead atoms. The van der Waals surface area contributed by atoms with E-state index in [2.05, 4.69) is 57.5 Å². The number of carbonyl (C=O) groups is 1. The average Bonchev–Trinajstić information content (AvgIpc) is 2.31. The van der Waals surface area contributed by atoms with Crippen molar-refractivity contribution in [3.05, 3.63) is 34.9 Å². The van der Waals surface area contributed by atoms with E-state index in [1.807, 2.05) is 0 Å². The van der Waals surface area contributed by atoms with Crippen molar-refractivity contribution >= 4 is 21.9 Å². The summed E-state index contributed by atoms with van der Waals surface area (Å²) in [4.78, 5) is 12.2. The zero-order chi connectivity index (χ0) is 16.3. The highest BCUT2D eigenvalue weighted by Gasteiger charge is 2.19. The van der Waals surface area contributed by atoms with Gasteiger partial charge in [-0.05, 0) is 30.9 Å². The third kappa shape index (κ3) is 6.74. The van der Waals surface area contributed by atoms with Gasteiger partial charge in [-0.3, -0.25) is 4.79 Å². The Balaban J connectivity index is 3.01. The standard InChI is InChI=1S/C18H32OSi2/c1-15(19)18-16(11-13-20(2,3)4)9-8-10-17(18)12-14-21(5,6)7/h8-10H,11-14H2,1-7H3. The van der Waals surface area contributed by atoms with Crippen molar-refractivity contribution < 1.29 is 4.79 Å². The zero-order valence-electron chi connectivity index (χ0n) is 15.0. The van der Waals surface area contributed by atoms with Gasteiger partial charge in [0.2, 0.25) is 0 Å². The quantitative estimate of drug-likeness (QED) is 0.468. The lowest BCUT2D eigenvalue weighted by Crippen LogP contribution is -2.22. The summed E-state index contributed by atoms with van der Waals surface area (Å²) in [6.07, 6.45) is 2.12. The lowest BCUT2D eigenvalue weighted by molar-refractivity contribution is 0.101. The maximum absolute atomic E-state index is 12.2. The van der Waals surface area contributed by atoms with E-state index in [0.717, 1.165) is 18.4 Å². The summed E-state index contributed by atoms with van der Waals surface area (Å²) in [6.45, 7) is 16.1. The molecule has 0 N–H and O–H groups in total. The summed E-state index contributed by atoms with van der Waals surface area (Å²) in [6, 6.07) is 8.98. The van der Waals surface area contributed by atoms with Crippen LogP contribution in [-0.2, 0) is 12.8 Å². The molecule has 1 rings (SSSR count). The fourth-order valence-electron chi connectivity index (χ4n) is 2.54. The summed E-state index contributed by atoms with van der Waals surface area (Å²) in [5, 5.41) is 0. The van der Waals surface area contributed by atoms with E-state index >= 15 is 0 Å². The number of carbonyl (C=O) groups excluding carboxylic acids is 1. The van der Waals surface area contributed by atoms with Crippen molar-refractivity contribution in [2.24, 2.45) is 0 Å². The Morgan fingerprint density at radius 2 is 1.24 bits per heavy atom. The first-order chi connectivity index (χ1) is 9.49. The number of aryl methyl sites for hydroxylation is 2. The van der Waals surface area contributed by atoms with Crippen LogP contribution in [0, 0.1) is 0 Å². The number of Topliss-reactive ketones (excluding diaryl/α,β-unsaturated/α-hetero) is 1. The van der Waals surface area contributed by atoms with Gasteiger partial charge in [0, 0.05) is 21.7 Å². The molecular formula is C18H32OSi2. The normalized spacial score (nSPS) is 12.5. The fraction of sp³-hybridized carbons (Fsp3) is 0.611. The number of hydrogen-bond donors (Lipinski definition) is 0. The molecule has 0 fully saturated rings. The van der Waals surface area contributed by atoms with E-state index in [9.17, 15) is 4.79 Å². The minimum atomic E-state index is -1.07. The summed E-state index contributed by atoms with van der Waals surface area (Å²) in [7, 11) is -2.14. The third-order valence-corrected chi connectivity index (χ3v) is 7.38.